The van der Waals surface area contributed by atoms with Crippen LogP contribution >= 0.6 is 0 Å². The molecule has 1 fully saturated rings. The Bertz CT molecular complexity index is 654. The molecule has 1 saturated heterocycles. The van der Waals surface area contributed by atoms with Gasteiger partial charge in [-0.15, -0.1) is 0 Å². The number of oxazole rings is 1. The van der Waals surface area contributed by atoms with Crippen LogP contribution in [0.15, 0.2) is 22.6 Å². The van der Waals surface area contributed by atoms with Gasteiger partial charge in [0.15, 0.2) is 5.58 Å². The van der Waals surface area contributed by atoms with Crippen LogP contribution in [-0.2, 0) is 0 Å². The number of aromatic nitrogens is 1. The number of nitro groups is 1. The molecular formula is C13H16N4O3. The van der Waals surface area contributed by atoms with Crippen LogP contribution in [0, 0.1) is 16.0 Å². The van der Waals surface area contributed by atoms with E-state index in [-0.39, 0.29) is 5.69 Å². The number of non-ortho nitro benzene ring substituents is 1. The highest BCUT2D eigenvalue weighted by Gasteiger charge is 2.31. The molecule has 1 aromatic carbocycles. The Morgan fingerprint density at radius 3 is 3.05 bits per heavy atom. The maximum atomic E-state index is 10.8. The molecule has 0 saturated carbocycles. The number of fused-ring (bicyclic) bond motifs is 1. The summed E-state index contributed by atoms with van der Waals surface area (Å²) in [5.41, 5.74) is 6.80. The molecule has 0 aliphatic carbocycles. The highest BCUT2D eigenvalue weighted by Crippen LogP contribution is 2.31. The lowest BCUT2D eigenvalue weighted by atomic mass is 10.1. The van der Waals surface area contributed by atoms with Crippen LogP contribution in [0.1, 0.15) is 13.3 Å². The standard InChI is InChI=1S/C13H16N4O3/c1-8-4-9(6-14)7-16(8)13-15-11-3-2-10(17(18)19)5-12(11)20-13/h2-3,5,8-9H,4,6-7,14H2,1H3. The van der Waals surface area contributed by atoms with Gasteiger partial charge in [-0.25, -0.2) is 0 Å². The number of hydrogen-bond donors (Lipinski definition) is 1. The number of nitro benzene ring substituents is 1. The van der Waals surface area contributed by atoms with Gasteiger partial charge >= 0.3 is 0 Å². The van der Waals surface area contributed by atoms with Crippen LogP contribution in [0.2, 0.25) is 0 Å². The van der Waals surface area contributed by atoms with Gasteiger partial charge in [0.25, 0.3) is 11.7 Å². The minimum atomic E-state index is -0.440. The first kappa shape index (κ1) is 12.9. The highest BCUT2D eigenvalue weighted by atomic mass is 16.6. The van der Waals surface area contributed by atoms with E-state index >= 15 is 0 Å². The quantitative estimate of drug-likeness (QED) is 0.679. The third-order valence-electron chi connectivity index (χ3n) is 3.81. The number of nitrogens with zero attached hydrogens (tertiary/aromatic N) is 3. The molecule has 1 aromatic heterocycles. The smallest absolute Gasteiger partial charge is 0.298 e. The van der Waals surface area contributed by atoms with Crippen molar-refractivity contribution in [1.29, 1.82) is 0 Å². The van der Waals surface area contributed by atoms with Crippen LogP contribution in [0.25, 0.3) is 11.1 Å². The van der Waals surface area contributed by atoms with Crippen molar-refractivity contribution in [3.05, 3.63) is 28.3 Å². The van der Waals surface area contributed by atoms with Gasteiger partial charge in [0.2, 0.25) is 0 Å². The third kappa shape index (κ3) is 2.09. The minimum absolute atomic E-state index is 0.00880. The molecule has 0 bridgehead atoms. The topological polar surface area (TPSA) is 98.4 Å². The van der Waals surface area contributed by atoms with E-state index in [4.69, 9.17) is 10.2 Å². The van der Waals surface area contributed by atoms with E-state index in [1.54, 1.807) is 6.07 Å². The first-order valence-corrected chi connectivity index (χ1v) is 6.60. The molecule has 0 spiro atoms. The van der Waals surface area contributed by atoms with Crippen molar-refractivity contribution in [3.63, 3.8) is 0 Å². The average molecular weight is 276 g/mol. The number of nitrogens with two attached hydrogens (primary N) is 1. The van der Waals surface area contributed by atoms with Crippen molar-refractivity contribution >= 4 is 22.8 Å². The number of hydrogen-bond acceptors (Lipinski definition) is 6. The maximum absolute atomic E-state index is 10.8. The summed E-state index contributed by atoms with van der Waals surface area (Å²) >= 11 is 0. The van der Waals surface area contributed by atoms with Gasteiger partial charge in [0.1, 0.15) is 5.52 Å². The second-order valence-corrected chi connectivity index (χ2v) is 5.24. The normalized spacial score (nSPS) is 22.6. The fourth-order valence-electron chi connectivity index (χ4n) is 2.72. The van der Waals surface area contributed by atoms with E-state index in [2.05, 4.69) is 16.8 Å². The van der Waals surface area contributed by atoms with Gasteiger partial charge in [-0.1, -0.05) is 0 Å². The lowest BCUT2D eigenvalue weighted by Gasteiger charge is -2.18. The highest BCUT2D eigenvalue weighted by molar-refractivity contribution is 5.77. The molecule has 106 valence electrons. The van der Waals surface area contributed by atoms with Crippen molar-refractivity contribution in [2.45, 2.75) is 19.4 Å². The predicted molar refractivity (Wildman–Crippen MR) is 74.6 cm³/mol. The van der Waals surface area contributed by atoms with Crippen LogP contribution in [0.4, 0.5) is 11.7 Å². The summed E-state index contributed by atoms with van der Waals surface area (Å²) in [4.78, 5) is 16.8. The lowest BCUT2D eigenvalue weighted by Crippen LogP contribution is -2.27. The van der Waals surface area contributed by atoms with Crippen LogP contribution in [-0.4, -0.2) is 29.0 Å². The van der Waals surface area contributed by atoms with Crippen molar-refractivity contribution < 1.29 is 9.34 Å². The lowest BCUT2D eigenvalue weighted by molar-refractivity contribution is -0.384. The molecule has 2 N–H and O–H groups in total. The van der Waals surface area contributed by atoms with Crippen molar-refractivity contribution in [1.82, 2.24) is 4.98 Å². The molecule has 1 aliphatic rings. The van der Waals surface area contributed by atoms with Crippen molar-refractivity contribution in [3.8, 4) is 0 Å². The van der Waals surface area contributed by atoms with E-state index < -0.39 is 4.92 Å². The fraction of sp³-hybridized carbons (Fsp3) is 0.462. The van der Waals surface area contributed by atoms with Crippen LogP contribution in [0.3, 0.4) is 0 Å². The SMILES string of the molecule is CC1CC(CN)CN1c1nc2ccc([N+](=O)[O-])cc2o1. The van der Waals surface area contributed by atoms with E-state index in [0.717, 1.165) is 13.0 Å². The van der Waals surface area contributed by atoms with E-state index in [1.807, 2.05) is 0 Å². The Morgan fingerprint density at radius 1 is 1.60 bits per heavy atom. The Morgan fingerprint density at radius 2 is 2.40 bits per heavy atom. The first-order valence-electron chi connectivity index (χ1n) is 6.60. The molecule has 0 radical (unpaired) electrons. The van der Waals surface area contributed by atoms with Gasteiger partial charge in [0, 0.05) is 18.7 Å². The summed E-state index contributed by atoms with van der Waals surface area (Å²) in [6.45, 7) is 3.56. The number of anilines is 1. The zero-order valence-electron chi connectivity index (χ0n) is 11.2. The minimum Gasteiger partial charge on any atom is -0.423 e. The molecule has 0 amide bonds. The molecule has 7 heteroatoms. The molecule has 3 rings (SSSR count). The third-order valence-corrected chi connectivity index (χ3v) is 3.81. The summed E-state index contributed by atoms with van der Waals surface area (Å²) in [5.74, 6) is 0.439. The summed E-state index contributed by atoms with van der Waals surface area (Å²) in [7, 11) is 0. The second kappa shape index (κ2) is 4.75. The van der Waals surface area contributed by atoms with E-state index in [0.29, 0.717) is 35.6 Å². The first-order chi connectivity index (χ1) is 9.58. The average Bonchev–Trinajstić information content (AvgIpc) is 3.00. The van der Waals surface area contributed by atoms with Gasteiger partial charge in [-0.05, 0) is 31.9 Å². The molecular weight excluding hydrogens is 260 g/mol. The molecule has 2 atom stereocenters. The zero-order valence-corrected chi connectivity index (χ0v) is 11.2. The van der Waals surface area contributed by atoms with Gasteiger partial charge in [0.05, 0.1) is 11.0 Å². The zero-order chi connectivity index (χ0) is 14.3. The van der Waals surface area contributed by atoms with Crippen molar-refractivity contribution in [2.24, 2.45) is 11.7 Å². The second-order valence-electron chi connectivity index (χ2n) is 5.24. The largest absolute Gasteiger partial charge is 0.423 e. The Kier molecular flexibility index (Phi) is 3.06. The van der Waals surface area contributed by atoms with Gasteiger partial charge < -0.3 is 15.1 Å². The van der Waals surface area contributed by atoms with Crippen molar-refractivity contribution in [2.75, 3.05) is 18.0 Å². The molecule has 2 heterocycles. The summed E-state index contributed by atoms with van der Waals surface area (Å²) in [6, 6.07) is 5.29. The number of rotatable bonds is 3. The summed E-state index contributed by atoms with van der Waals surface area (Å²) < 4.78 is 5.68. The Balaban J connectivity index is 1.95. The predicted octanol–water partition coefficient (Wildman–Crippen LogP) is 1.91. The van der Waals surface area contributed by atoms with E-state index in [9.17, 15) is 10.1 Å². The van der Waals surface area contributed by atoms with Crippen LogP contribution < -0.4 is 10.6 Å². The monoisotopic (exact) mass is 276 g/mol. The molecule has 20 heavy (non-hydrogen) atoms. The van der Waals surface area contributed by atoms with Gasteiger partial charge in [-0.2, -0.15) is 4.98 Å². The van der Waals surface area contributed by atoms with Gasteiger partial charge in [-0.3, -0.25) is 10.1 Å². The molecule has 7 nitrogen and oxygen atoms in total. The number of benzene rings is 1. The van der Waals surface area contributed by atoms with Crippen LogP contribution in [0.5, 0.6) is 0 Å². The molecule has 2 aromatic rings. The maximum Gasteiger partial charge on any atom is 0.298 e. The fourth-order valence-corrected chi connectivity index (χ4v) is 2.72. The van der Waals surface area contributed by atoms with E-state index in [1.165, 1.54) is 12.1 Å². The Hall–Kier alpha value is -2.15. The Labute approximate surface area is 115 Å². The summed E-state index contributed by atoms with van der Waals surface area (Å²) in [5, 5.41) is 10.8. The summed E-state index contributed by atoms with van der Waals surface area (Å²) in [6.07, 6.45) is 1.01. The molecule has 1 aliphatic heterocycles. The molecule has 2 unspecified atom stereocenters.